The van der Waals surface area contributed by atoms with Crippen LogP contribution in [0.4, 0.5) is 0 Å². The average Bonchev–Trinajstić information content (AvgIpc) is 2.90. The van der Waals surface area contributed by atoms with Gasteiger partial charge in [-0.2, -0.15) is 0 Å². The Labute approximate surface area is 161 Å². The van der Waals surface area contributed by atoms with E-state index in [9.17, 15) is 0 Å². The molecular weight excluding hydrogens is 333 g/mol. The van der Waals surface area contributed by atoms with Crippen molar-refractivity contribution >= 4 is 12.6 Å². The largest absolute Gasteiger partial charge is 0.496 e. The summed E-state index contributed by atoms with van der Waals surface area (Å²) in [7, 11) is -0.382. The van der Waals surface area contributed by atoms with Crippen LogP contribution in [0, 0.1) is 0 Å². The Kier molecular flexibility index (Phi) is 4.41. The molecule has 1 aromatic heterocycles. The van der Waals surface area contributed by atoms with Crippen LogP contribution >= 0.6 is 0 Å². The second-order valence-corrected chi connectivity index (χ2v) is 8.01. The second-order valence-electron chi connectivity index (χ2n) is 8.01. The quantitative estimate of drug-likeness (QED) is 0.636. The summed E-state index contributed by atoms with van der Waals surface area (Å²) in [4.78, 5) is 4.66. The van der Waals surface area contributed by atoms with Gasteiger partial charge in [0.2, 0.25) is 0 Å². The van der Waals surface area contributed by atoms with Crippen molar-refractivity contribution in [1.29, 1.82) is 0 Å². The lowest BCUT2D eigenvalue weighted by molar-refractivity contribution is 0.00578. The van der Waals surface area contributed by atoms with E-state index in [2.05, 4.69) is 81.2 Å². The van der Waals surface area contributed by atoms with Crippen LogP contribution in [0.2, 0.25) is 0 Å². The molecule has 0 amide bonds. The summed E-state index contributed by atoms with van der Waals surface area (Å²) in [5, 5.41) is 0. The van der Waals surface area contributed by atoms with E-state index in [1.165, 1.54) is 11.1 Å². The van der Waals surface area contributed by atoms with Crippen molar-refractivity contribution in [3.05, 3.63) is 72.9 Å². The molecule has 1 saturated heterocycles. The van der Waals surface area contributed by atoms with Crippen LogP contribution < -0.4 is 5.46 Å². The van der Waals surface area contributed by atoms with Crippen molar-refractivity contribution < 1.29 is 9.31 Å². The fourth-order valence-electron chi connectivity index (χ4n) is 3.18. The minimum atomic E-state index is -0.382. The van der Waals surface area contributed by atoms with Gasteiger partial charge in [-0.05, 0) is 51.0 Å². The van der Waals surface area contributed by atoms with Crippen LogP contribution in [0.15, 0.2) is 72.9 Å². The number of aromatic nitrogens is 1. The monoisotopic (exact) mass is 357 g/mol. The van der Waals surface area contributed by atoms with Crippen molar-refractivity contribution in [2.45, 2.75) is 38.9 Å². The van der Waals surface area contributed by atoms with Gasteiger partial charge in [0.1, 0.15) is 0 Å². The summed E-state index contributed by atoms with van der Waals surface area (Å²) >= 11 is 0. The molecule has 1 fully saturated rings. The molecule has 0 saturated carbocycles. The molecule has 0 spiro atoms. The van der Waals surface area contributed by atoms with Gasteiger partial charge in [0, 0.05) is 17.2 Å². The molecule has 0 radical (unpaired) electrons. The summed E-state index contributed by atoms with van der Waals surface area (Å²) in [6.07, 6.45) is 1.85. The SMILES string of the molecule is CC1(C)OB(c2ccc(-c3cccc(-c4ccccc4)c3)nc2)OC1(C)C. The zero-order valence-corrected chi connectivity index (χ0v) is 16.3. The number of pyridine rings is 1. The maximum absolute atomic E-state index is 6.11. The van der Waals surface area contributed by atoms with E-state index < -0.39 is 0 Å². The van der Waals surface area contributed by atoms with Gasteiger partial charge in [-0.3, -0.25) is 4.98 Å². The Morgan fingerprint density at radius 1 is 0.704 bits per heavy atom. The Balaban J connectivity index is 1.59. The molecule has 136 valence electrons. The molecule has 27 heavy (non-hydrogen) atoms. The first kappa shape index (κ1) is 18.0. The minimum absolute atomic E-state index is 0.347. The van der Waals surface area contributed by atoms with Crippen LogP contribution in [-0.4, -0.2) is 23.3 Å². The zero-order chi connectivity index (χ0) is 19.1. The van der Waals surface area contributed by atoms with Gasteiger partial charge in [0.05, 0.1) is 16.9 Å². The third kappa shape index (κ3) is 3.43. The standard InChI is InChI=1S/C23H24BNO2/c1-22(2)23(3,4)27-24(26-22)20-13-14-21(25-16-20)19-12-8-11-18(15-19)17-9-6-5-7-10-17/h5-16H,1-4H3. The second kappa shape index (κ2) is 6.63. The van der Waals surface area contributed by atoms with Crippen LogP contribution in [0.1, 0.15) is 27.7 Å². The summed E-state index contributed by atoms with van der Waals surface area (Å²) in [6, 6.07) is 22.9. The van der Waals surface area contributed by atoms with Gasteiger partial charge < -0.3 is 9.31 Å². The van der Waals surface area contributed by atoms with Crippen LogP contribution in [0.3, 0.4) is 0 Å². The number of hydrogen-bond acceptors (Lipinski definition) is 3. The molecule has 1 aliphatic heterocycles. The number of rotatable bonds is 3. The van der Waals surface area contributed by atoms with Crippen LogP contribution in [0.25, 0.3) is 22.4 Å². The highest BCUT2D eigenvalue weighted by Gasteiger charge is 2.51. The molecule has 0 aliphatic carbocycles. The van der Waals surface area contributed by atoms with Crippen LogP contribution in [-0.2, 0) is 9.31 Å². The lowest BCUT2D eigenvalue weighted by atomic mass is 9.80. The van der Waals surface area contributed by atoms with E-state index in [1.54, 1.807) is 0 Å². The smallest absolute Gasteiger partial charge is 0.399 e. The Hall–Kier alpha value is -2.43. The van der Waals surface area contributed by atoms with Crippen molar-refractivity contribution in [2.75, 3.05) is 0 Å². The van der Waals surface area contributed by atoms with Gasteiger partial charge in [0.25, 0.3) is 0 Å². The van der Waals surface area contributed by atoms with Gasteiger partial charge in [0.15, 0.2) is 0 Å². The molecule has 0 bridgehead atoms. The van der Waals surface area contributed by atoms with Gasteiger partial charge in [-0.1, -0.05) is 54.6 Å². The lowest BCUT2D eigenvalue weighted by Crippen LogP contribution is -2.41. The lowest BCUT2D eigenvalue weighted by Gasteiger charge is -2.32. The van der Waals surface area contributed by atoms with Gasteiger partial charge >= 0.3 is 7.12 Å². The summed E-state index contributed by atoms with van der Waals surface area (Å²) in [5.74, 6) is 0. The first-order valence-corrected chi connectivity index (χ1v) is 9.33. The normalized spacial score (nSPS) is 17.9. The zero-order valence-electron chi connectivity index (χ0n) is 16.3. The third-order valence-corrected chi connectivity index (χ3v) is 5.58. The van der Waals surface area contributed by atoms with Gasteiger partial charge in [-0.25, -0.2) is 0 Å². The van der Waals surface area contributed by atoms with Crippen molar-refractivity contribution in [2.24, 2.45) is 0 Å². The van der Waals surface area contributed by atoms with Crippen molar-refractivity contribution in [1.82, 2.24) is 4.98 Å². The van der Waals surface area contributed by atoms with E-state index in [1.807, 2.05) is 24.4 Å². The molecule has 4 rings (SSSR count). The van der Waals surface area contributed by atoms with Gasteiger partial charge in [-0.15, -0.1) is 0 Å². The average molecular weight is 357 g/mol. The molecule has 0 unspecified atom stereocenters. The van der Waals surface area contributed by atoms with E-state index in [-0.39, 0.29) is 18.3 Å². The summed E-state index contributed by atoms with van der Waals surface area (Å²) < 4.78 is 12.2. The number of hydrogen-bond donors (Lipinski definition) is 0. The number of nitrogens with zero attached hydrogens (tertiary/aromatic N) is 1. The first-order chi connectivity index (χ1) is 12.9. The predicted molar refractivity (Wildman–Crippen MR) is 111 cm³/mol. The molecule has 0 N–H and O–H groups in total. The highest BCUT2D eigenvalue weighted by atomic mass is 16.7. The van der Waals surface area contributed by atoms with Crippen LogP contribution in [0.5, 0.6) is 0 Å². The minimum Gasteiger partial charge on any atom is -0.399 e. The molecule has 2 aromatic carbocycles. The van der Waals surface area contributed by atoms with Crippen molar-refractivity contribution in [3.8, 4) is 22.4 Å². The van der Waals surface area contributed by atoms with E-state index >= 15 is 0 Å². The maximum atomic E-state index is 6.11. The molecule has 3 aromatic rings. The van der Waals surface area contributed by atoms with E-state index in [0.29, 0.717) is 0 Å². The molecular formula is C23H24BNO2. The predicted octanol–water partition coefficient (Wildman–Crippen LogP) is 4.71. The maximum Gasteiger partial charge on any atom is 0.496 e. The fourth-order valence-corrected chi connectivity index (χ4v) is 3.18. The highest BCUT2D eigenvalue weighted by Crippen LogP contribution is 2.36. The summed E-state index contributed by atoms with van der Waals surface area (Å²) in [5.41, 5.74) is 4.67. The molecule has 4 heteroatoms. The van der Waals surface area contributed by atoms with E-state index in [4.69, 9.17) is 9.31 Å². The highest BCUT2D eigenvalue weighted by molar-refractivity contribution is 6.62. The molecule has 0 atom stereocenters. The van der Waals surface area contributed by atoms with E-state index in [0.717, 1.165) is 16.7 Å². The number of benzene rings is 2. The molecule has 1 aliphatic rings. The fraction of sp³-hybridized carbons (Fsp3) is 0.261. The Bertz CT molecular complexity index is 920. The first-order valence-electron chi connectivity index (χ1n) is 9.33. The van der Waals surface area contributed by atoms with Crippen molar-refractivity contribution in [3.63, 3.8) is 0 Å². The Morgan fingerprint density at radius 3 is 1.96 bits per heavy atom. The molecule has 2 heterocycles. The summed E-state index contributed by atoms with van der Waals surface area (Å²) in [6.45, 7) is 8.24. The Morgan fingerprint density at radius 2 is 1.33 bits per heavy atom. The molecule has 3 nitrogen and oxygen atoms in total. The third-order valence-electron chi connectivity index (χ3n) is 5.58. The topological polar surface area (TPSA) is 31.4 Å².